The van der Waals surface area contributed by atoms with Crippen molar-refractivity contribution in [2.45, 2.75) is 64.7 Å². The van der Waals surface area contributed by atoms with Gasteiger partial charge in [-0.25, -0.2) is 4.79 Å². The minimum atomic E-state index is -0.589. The van der Waals surface area contributed by atoms with Crippen LogP contribution in [0.2, 0.25) is 0 Å². The summed E-state index contributed by atoms with van der Waals surface area (Å²) < 4.78 is 28.1. The number of dihydropyridines is 1. The van der Waals surface area contributed by atoms with Gasteiger partial charge in [0.05, 0.1) is 40.1 Å². The van der Waals surface area contributed by atoms with E-state index >= 15 is 0 Å². The predicted octanol–water partition coefficient (Wildman–Crippen LogP) is 6.21. The molecular weight excluding hydrogens is 522 g/mol. The summed E-state index contributed by atoms with van der Waals surface area (Å²) in [6.07, 6.45) is 3.46. The van der Waals surface area contributed by atoms with Gasteiger partial charge in [0, 0.05) is 29.3 Å². The van der Waals surface area contributed by atoms with Crippen LogP contribution in [-0.2, 0) is 14.3 Å². The number of carbonyl (C=O) groups excluding carboxylic acids is 2. The lowest BCUT2D eigenvalue weighted by Gasteiger charge is -2.37. The van der Waals surface area contributed by atoms with E-state index in [0.29, 0.717) is 65.9 Å². The fourth-order valence-electron chi connectivity index (χ4n) is 5.57. The minimum absolute atomic E-state index is 0.0137. The van der Waals surface area contributed by atoms with E-state index in [4.69, 9.17) is 23.7 Å². The first-order valence-corrected chi connectivity index (χ1v) is 14.3. The first-order valence-electron chi connectivity index (χ1n) is 14.3. The molecule has 4 rings (SSSR count). The van der Waals surface area contributed by atoms with Crippen molar-refractivity contribution in [2.75, 3.05) is 34.5 Å². The van der Waals surface area contributed by atoms with Crippen molar-refractivity contribution in [3.8, 4) is 23.0 Å². The number of unbranched alkanes of at least 4 members (excludes halogenated alkanes) is 1. The van der Waals surface area contributed by atoms with Crippen LogP contribution in [0.4, 0.5) is 0 Å². The Bertz CT molecular complexity index is 1340. The molecule has 2 aromatic rings. The van der Waals surface area contributed by atoms with E-state index in [1.807, 2.05) is 57.2 Å². The summed E-state index contributed by atoms with van der Waals surface area (Å²) >= 11 is 0. The van der Waals surface area contributed by atoms with Crippen molar-refractivity contribution in [1.29, 1.82) is 0 Å². The minimum Gasteiger partial charge on any atom is -0.493 e. The molecule has 0 saturated heterocycles. The molecule has 0 spiro atoms. The zero-order valence-electron chi connectivity index (χ0n) is 24.9. The van der Waals surface area contributed by atoms with Crippen molar-refractivity contribution in [3.63, 3.8) is 0 Å². The Morgan fingerprint density at radius 3 is 2.20 bits per heavy atom. The lowest BCUT2D eigenvalue weighted by atomic mass is 9.71. The normalized spacial score (nSPS) is 18.4. The number of methoxy groups -OCH3 is 3. The van der Waals surface area contributed by atoms with Crippen molar-refractivity contribution >= 4 is 11.8 Å². The summed E-state index contributed by atoms with van der Waals surface area (Å²) in [6, 6.07) is 11.4. The van der Waals surface area contributed by atoms with E-state index in [1.165, 1.54) is 0 Å². The number of nitrogens with one attached hydrogen (secondary N) is 1. The quantitative estimate of drug-likeness (QED) is 0.241. The third-order valence-corrected chi connectivity index (χ3v) is 7.64. The van der Waals surface area contributed by atoms with Gasteiger partial charge in [-0.1, -0.05) is 32.4 Å². The highest BCUT2D eigenvalue weighted by Gasteiger charge is 2.41. The molecule has 8 heteroatoms. The molecule has 0 radical (unpaired) electrons. The van der Waals surface area contributed by atoms with Gasteiger partial charge in [-0.05, 0) is 67.5 Å². The van der Waals surface area contributed by atoms with Crippen LogP contribution < -0.4 is 24.3 Å². The maximum absolute atomic E-state index is 14.0. The maximum atomic E-state index is 14.0. The molecule has 2 atom stereocenters. The number of esters is 1. The number of benzene rings is 2. The van der Waals surface area contributed by atoms with Gasteiger partial charge in [0.25, 0.3) is 0 Å². The number of rotatable bonds is 12. The highest BCUT2D eigenvalue weighted by molar-refractivity contribution is 6.04. The van der Waals surface area contributed by atoms with E-state index in [-0.39, 0.29) is 11.7 Å². The third kappa shape index (κ3) is 6.37. The average Bonchev–Trinajstić information content (AvgIpc) is 2.98. The number of allylic oxidation sites excluding steroid dienone is 3. The monoisotopic (exact) mass is 563 g/mol. The molecule has 0 amide bonds. The molecule has 0 aromatic heterocycles. The van der Waals surface area contributed by atoms with E-state index in [9.17, 15) is 9.59 Å². The molecule has 0 fully saturated rings. The van der Waals surface area contributed by atoms with E-state index < -0.39 is 11.9 Å². The number of ether oxygens (including phenoxy) is 5. The second-order valence-electron chi connectivity index (χ2n) is 10.4. The van der Waals surface area contributed by atoms with Gasteiger partial charge in [-0.2, -0.15) is 0 Å². The van der Waals surface area contributed by atoms with Gasteiger partial charge < -0.3 is 29.0 Å². The highest BCUT2D eigenvalue weighted by Crippen LogP contribution is 2.47. The van der Waals surface area contributed by atoms with Crippen LogP contribution in [0.15, 0.2) is 58.9 Å². The molecular formula is C33H41NO7. The van der Waals surface area contributed by atoms with Crippen LogP contribution in [0.3, 0.4) is 0 Å². The fourth-order valence-corrected chi connectivity index (χ4v) is 5.57. The fraction of sp³-hybridized carbons (Fsp3) is 0.455. The van der Waals surface area contributed by atoms with Crippen molar-refractivity contribution < 1.29 is 33.3 Å². The molecule has 2 aromatic carbocycles. The second-order valence-corrected chi connectivity index (χ2v) is 10.4. The Morgan fingerprint density at radius 2 is 1.51 bits per heavy atom. The molecule has 0 unspecified atom stereocenters. The second kappa shape index (κ2) is 13.6. The average molecular weight is 564 g/mol. The summed E-state index contributed by atoms with van der Waals surface area (Å²) in [6.45, 7) is 6.84. The molecule has 1 heterocycles. The van der Waals surface area contributed by atoms with Crippen molar-refractivity contribution in [2.24, 2.45) is 0 Å². The Morgan fingerprint density at radius 1 is 0.854 bits per heavy atom. The Kier molecular flexibility index (Phi) is 9.97. The SMILES string of the molecule is CCCCOC(=O)C1=C(C)NC2=C(C(=O)C[C@H](c3ccc(OC)c(OC)c3)C2)[C@@H]1c1ccc(OCCC)c(OC)c1. The van der Waals surface area contributed by atoms with Crippen LogP contribution in [-0.4, -0.2) is 46.3 Å². The molecule has 2 aliphatic rings. The zero-order valence-corrected chi connectivity index (χ0v) is 24.9. The van der Waals surface area contributed by atoms with Crippen LogP contribution in [0.1, 0.15) is 75.8 Å². The first kappa shape index (κ1) is 30.0. The summed E-state index contributed by atoms with van der Waals surface area (Å²) in [5, 5.41) is 3.41. The largest absolute Gasteiger partial charge is 0.493 e. The molecule has 1 aliphatic heterocycles. The third-order valence-electron chi connectivity index (χ3n) is 7.64. The lowest BCUT2D eigenvalue weighted by molar-refractivity contribution is -0.139. The van der Waals surface area contributed by atoms with Crippen LogP contribution in [0.25, 0.3) is 0 Å². The first-order chi connectivity index (χ1) is 19.9. The molecule has 0 saturated carbocycles. The molecule has 8 nitrogen and oxygen atoms in total. The number of Topliss-reactive ketones (excluding diaryl/α,β-unsaturated/α-hetero) is 1. The van der Waals surface area contributed by atoms with E-state index in [1.54, 1.807) is 21.3 Å². The van der Waals surface area contributed by atoms with E-state index in [2.05, 4.69) is 5.32 Å². The molecule has 1 N–H and O–H groups in total. The number of carbonyl (C=O) groups is 2. The van der Waals surface area contributed by atoms with Crippen LogP contribution in [0.5, 0.6) is 23.0 Å². The summed E-state index contributed by atoms with van der Waals surface area (Å²) in [4.78, 5) is 27.5. The molecule has 41 heavy (non-hydrogen) atoms. The molecule has 220 valence electrons. The maximum Gasteiger partial charge on any atom is 0.336 e. The Balaban J connectivity index is 1.77. The zero-order chi connectivity index (χ0) is 29.5. The van der Waals surface area contributed by atoms with Crippen LogP contribution >= 0.6 is 0 Å². The number of hydrogen-bond donors (Lipinski definition) is 1. The number of hydrogen-bond acceptors (Lipinski definition) is 8. The Hall–Kier alpha value is -3.94. The topological polar surface area (TPSA) is 92.3 Å². The Labute approximate surface area is 242 Å². The summed E-state index contributed by atoms with van der Waals surface area (Å²) in [7, 11) is 4.79. The summed E-state index contributed by atoms with van der Waals surface area (Å²) in [5.41, 5.74) is 4.31. The highest BCUT2D eigenvalue weighted by atomic mass is 16.5. The molecule has 0 bridgehead atoms. The van der Waals surface area contributed by atoms with Gasteiger partial charge in [-0.3, -0.25) is 4.79 Å². The van der Waals surface area contributed by atoms with Gasteiger partial charge in [0.1, 0.15) is 0 Å². The predicted molar refractivity (Wildman–Crippen MR) is 157 cm³/mol. The number of ketones is 1. The smallest absolute Gasteiger partial charge is 0.336 e. The van der Waals surface area contributed by atoms with Crippen LogP contribution in [0, 0.1) is 0 Å². The summed E-state index contributed by atoms with van der Waals surface area (Å²) in [5.74, 6) is 1.36. The van der Waals surface area contributed by atoms with E-state index in [0.717, 1.165) is 36.1 Å². The van der Waals surface area contributed by atoms with Crippen molar-refractivity contribution in [3.05, 3.63) is 70.1 Å². The van der Waals surface area contributed by atoms with Gasteiger partial charge in [0.15, 0.2) is 28.8 Å². The lowest BCUT2D eigenvalue weighted by Crippen LogP contribution is -2.36. The standard InChI is InChI=1S/C33H41NO7/c1-7-9-15-41-33(36)30-20(3)34-24-16-23(21-10-12-26(37-4)28(18-21)38-5)17-25(35)32(24)31(30)22-11-13-27(40-14-8-2)29(19-22)39-6/h10-13,18-19,23,31,34H,7-9,14-17H2,1-6H3/t23-,31-/m1/s1. The van der Waals surface area contributed by atoms with Gasteiger partial charge in [0.2, 0.25) is 0 Å². The van der Waals surface area contributed by atoms with Crippen molar-refractivity contribution in [1.82, 2.24) is 5.32 Å². The van der Waals surface area contributed by atoms with Gasteiger partial charge >= 0.3 is 5.97 Å². The molecule has 1 aliphatic carbocycles. The van der Waals surface area contributed by atoms with Gasteiger partial charge in [-0.15, -0.1) is 0 Å².